The minimum atomic E-state index is -4.47. The Bertz CT molecular complexity index is 756. The van der Waals surface area contributed by atoms with E-state index in [1.807, 2.05) is 0 Å². The van der Waals surface area contributed by atoms with E-state index in [0.29, 0.717) is 5.56 Å². The fraction of sp³-hybridized carbons (Fsp3) is 0.600. The Labute approximate surface area is 168 Å². The number of nitrogens with zero attached hydrogens (tertiary/aromatic N) is 1. The number of carbonyl (C=O) groups is 2. The van der Waals surface area contributed by atoms with Crippen LogP contribution in [0.25, 0.3) is 0 Å². The van der Waals surface area contributed by atoms with Crippen LogP contribution in [0.1, 0.15) is 52.7 Å². The Balaban J connectivity index is 2.24. The third kappa shape index (κ3) is 6.01. The average molecular weight is 416 g/mol. The van der Waals surface area contributed by atoms with Gasteiger partial charge in [-0.05, 0) is 59.2 Å². The number of hydrogen-bond acceptors (Lipinski definition) is 4. The molecule has 0 spiro atoms. The first-order valence-electron chi connectivity index (χ1n) is 9.18. The Morgan fingerprint density at radius 3 is 1.83 bits per heavy atom. The van der Waals surface area contributed by atoms with Gasteiger partial charge in [0.15, 0.2) is 0 Å². The highest BCUT2D eigenvalue weighted by molar-refractivity contribution is 5.73. The van der Waals surface area contributed by atoms with E-state index in [9.17, 15) is 22.8 Å². The number of likely N-dealkylation sites (tertiary alicyclic amines) is 1. The summed E-state index contributed by atoms with van der Waals surface area (Å²) < 4.78 is 49.2. The lowest BCUT2D eigenvalue weighted by Crippen LogP contribution is -2.69. The second kappa shape index (κ2) is 7.42. The topological polar surface area (TPSA) is 67.9 Å². The van der Waals surface area contributed by atoms with Gasteiger partial charge in [0, 0.05) is 0 Å². The molecule has 29 heavy (non-hydrogen) atoms. The minimum absolute atomic E-state index is 0.0481. The molecule has 1 aliphatic rings. The number of ether oxygens (including phenoxy) is 2. The zero-order valence-corrected chi connectivity index (χ0v) is 17.4. The number of carbonyl (C=O) groups excluding carboxylic acids is 2. The molecule has 1 fully saturated rings. The van der Waals surface area contributed by atoms with E-state index in [0.717, 1.165) is 12.1 Å². The van der Waals surface area contributed by atoms with Crippen LogP contribution in [0.3, 0.4) is 0 Å². The molecule has 0 saturated carbocycles. The molecule has 1 N–H and O–H groups in total. The van der Waals surface area contributed by atoms with Crippen molar-refractivity contribution in [1.82, 2.24) is 10.2 Å². The predicted molar refractivity (Wildman–Crippen MR) is 100 cm³/mol. The zero-order valence-electron chi connectivity index (χ0n) is 17.4. The number of rotatable bonds is 2. The largest absolute Gasteiger partial charge is 0.444 e. The number of amides is 2. The molecular weight excluding hydrogens is 389 g/mol. The Kier molecular flexibility index (Phi) is 5.84. The molecule has 1 aromatic carbocycles. The monoisotopic (exact) mass is 416 g/mol. The highest BCUT2D eigenvalue weighted by Crippen LogP contribution is 2.36. The summed E-state index contributed by atoms with van der Waals surface area (Å²) >= 11 is 0. The van der Waals surface area contributed by atoms with Crippen molar-refractivity contribution in [3.8, 4) is 0 Å². The summed E-state index contributed by atoms with van der Waals surface area (Å²) in [5.41, 5.74) is -2.86. The van der Waals surface area contributed by atoms with Gasteiger partial charge >= 0.3 is 18.4 Å². The highest BCUT2D eigenvalue weighted by atomic mass is 19.4. The molecule has 2 amide bonds. The SMILES string of the molecule is CC(C)(C)OC(=O)NC1(c2ccc(C(F)(F)F)cc2)CN(C(=O)OC(C)(C)C)C1. The van der Waals surface area contributed by atoms with Crippen molar-refractivity contribution >= 4 is 12.2 Å². The van der Waals surface area contributed by atoms with Crippen LogP contribution in [-0.4, -0.2) is 41.4 Å². The first kappa shape index (κ1) is 22.8. The van der Waals surface area contributed by atoms with Crippen LogP contribution in [0.4, 0.5) is 22.8 Å². The minimum Gasteiger partial charge on any atom is -0.444 e. The van der Waals surface area contributed by atoms with E-state index in [1.165, 1.54) is 17.0 Å². The van der Waals surface area contributed by atoms with E-state index in [-0.39, 0.29) is 13.1 Å². The van der Waals surface area contributed by atoms with Crippen molar-refractivity contribution in [2.24, 2.45) is 0 Å². The summed E-state index contributed by atoms with van der Waals surface area (Å²) in [6.45, 7) is 10.4. The molecule has 2 rings (SSSR count). The smallest absolute Gasteiger partial charge is 0.416 e. The maximum Gasteiger partial charge on any atom is 0.416 e. The quantitative estimate of drug-likeness (QED) is 0.760. The normalized spacial score (nSPS) is 16.7. The van der Waals surface area contributed by atoms with Gasteiger partial charge in [0.05, 0.1) is 18.7 Å². The number of halogens is 3. The summed E-state index contributed by atoms with van der Waals surface area (Å²) in [6, 6.07) is 4.49. The summed E-state index contributed by atoms with van der Waals surface area (Å²) in [5, 5.41) is 2.72. The maximum absolute atomic E-state index is 12.9. The molecule has 0 unspecified atom stereocenters. The number of hydrogen-bond donors (Lipinski definition) is 1. The average Bonchev–Trinajstić information content (AvgIpc) is 2.46. The van der Waals surface area contributed by atoms with E-state index < -0.39 is 40.7 Å². The van der Waals surface area contributed by atoms with Crippen LogP contribution in [-0.2, 0) is 21.2 Å². The van der Waals surface area contributed by atoms with Crippen LogP contribution >= 0.6 is 0 Å². The molecule has 0 aliphatic carbocycles. The van der Waals surface area contributed by atoms with Gasteiger partial charge in [-0.2, -0.15) is 13.2 Å². The standard InChI is InChI=1S/C20H27F3N2O4/c1-17(2,3)28-15(26)24-19(11-25(12-19)16(27)29-18(4,5)6)13-7-9-14(10-8-13)20(21,22)23/h7-10H,11-12H2,1-6H3,(H,24,26). The van der Waals surface area contributed by atoms with Gasteiger partial charge in [0.2, 0.25) is 0 Å². The molecule has 0 aromatic heterocycles. The molecule has 1 aliphatic heterocycles. The van der Waals surface area contributed by atoms with Crippen molar-refractivity contribution in [3.63, 3.8) is 0 Å². The molecule has 1 saturated heterocycles. The van der Waals surface area contributed by atoms with Gasteiger partial charge in [-0.1, -0.05) is 12.1 Å². The van der Waals surface area contributed by atoms with Gasteiger partial charge < -0.3 is 19.7 Å². The van der Waals surface area contributed by atoms with Gasteiger partial charge in [-0.25, -0.2) is 9.59 Å². The fourth-order valence-corrected chi connectivity index (χ4v) is 2.87. The number of benzene rings is 1. The predicted octanol–water partition coefficient (Wildman–Crippen LogP) is 4.68. The maximum atomic E-state index is 12.9. The van der Waals surface area contributed by atoms with Crippen molar-refractivity contribution in [1.29, 1.82) is 0 Å². The van der Waals surface area contributed by atoms with Crippen molar-refractivity contribution in [2.75, 3.05) is 13.1 Å². The molecule has 6 nitrogen and oxygen atoms in total. The van der Waals surface area contributed by atoms with Gasteiger partial charge in [-0.3, -0.25) is 0 Å². The summed E-state index contributed by atoms with van der Waals surface area (Å²) in [4.78, 5) is 26.0. The second-order valence-corrected chi connectivity index (χ2v) is 9.12. The number of alkyl halides is 3. The first-order valence-corrected chi connectivity index (χ1v) is 9.18. The highest BCUT2D eigenvalue weighted by Gasteiger charge is 2.49. The van der Waals surface area contributed by atoms with Gasteiger partial charge in [0.1, 0.15) is 16.7 Å². The molecule has 1 heterocycles. The van der Waals surface area contributed by atoms with E-state index in [4.69, 9.17) is 9.47 Å². The van der Waals surface area contributed by atoms with Crippen LogP contribution < -0.4 is 5.32 Å². The van der Waals surface area contributed by atoms with Crippen LogP contribution in [0.15, 0.2) is 24.3 Å². The zero-order chi connectivity index (χ0) is 22.3. The Morgan fingerprint density at radius 2 is 1.41 bits per heavy atom. The molecule has 0 atom stereocenters. The molecule has 0 radical (unpaired) electrons. The summed E-state index contributed by atoms with van der Waals surface area (Å²) in [5.74, 6) is 0. The number of nitrogens with one attached hydrogen (secondary N) is 1. The van der Waals surface area contributed by atoms with E-state index in [1.54, 1.807) is 41.5 Å². The van der Waals surface area contributed by atoms with Crippen molar-refractivity contribution in [3.05, 3.63) is 35.4 Å². The first-order chi connectivity index (χ1) is 13.0. The third-order valence-electron chi connectivity index (χ3n) is 4.08. The van der Waals surface area contributed by atoms with Crippen LogP contribution in [0, 0.1) is 0 Å². The van der Waals surface area contributed by atoms with Gasteiger partial charge in [0.25, 0.3) is 0 Å². The molecular formula is C20H27F3N2O4. The lowest BCUT2D eigenvalue weighted by Gasteiger charge is -2.50. The van der Waals surface area contributed by atoms with E-state index >= 15 is 0 Å². The Morgan fingerprint density at radius 1 is 0.931 bits per heavy atom. The Hall–Kier alpha value is -2.45. The van der Waals surface area contributed by atoms with Gasteiger partial charge in [-0.15, -0.1) is 0 Å². The summed E-state index contributed by atoms with van der Waals surface area (Å²) in [6.07, 6.45) is -5.75. The fourth-order valence-electron chi connectivity index (χ4n) is 2.87. The lowest BCUT2D eigenvalue weighted by atomic mass is 9.82. The molecule has 1 aromatic rings. The third-order valence-corrected chi connectivity index (χ3v) is 4.08. The summed E-state index contributed by atoms with van der Waals surface area (Å²) in [7, 11) is 0. The van der Waals surface area contributed by atoms with Crippen LogP contribution in [0.2, 0.25) is 0 Å². The molecule has 162 valence electrons. The molecule has 9 heteroatoms. The van der Waals surface area contributed by atoms with Crippen molar-refractivity contribution in [2.45, 2.75) is 64.5 Å². The number of alkyl carbamates (subject to hydrolysis) is 1. The lowest BCUT2D eigenvalue weighted by molar-refractivity contribution is -0.137. The van der Waals surface area contributed by atoms with Crippen molar-refractivity contribution < 1.29 is 32.2 Å². The van der Waals surface area contributed by atoms with Crippen LogP contribution in [0.5, 0.6) is 0 Å². The molecule has 0 bridgehead atoms. The second-order valence-electron chi connectivity index (χ2n) is 9.12. The van der Waals surface area contributed by atoms with E-state index in [2.05, 4.69) is 5.32 Å².